The number of rotatable bonds is 3. The number of nitrogens with zero attached hydrogens (tertiary/aromatic N) is 1. The van der Waals surface area contributed by atoms with E-state index >= 15 is 0 Å². The average molecular weight is 313 g/mol. The predicted octanol–water partition coefficient (Wildman–Crippen LogP) is 1.51. The Balaban J connectivity index is 2.55. The molecule has 0 aromatic rings. The molecule has 0 aliphatic carbocycles. The third-order valence-corrected chi connectivity index (χ3v) is 3.93. The molecule has 1 rings (SSSR count). The first-order valence-electron chi connectivity index (χ1n) is 8.13. The number of hydroxylamine groups is 2. The van der Waals surface area contributed by atoms with Gasteiger partial charge in [0.2, 0.25) is 18.2 Å². The van der Waals surface area contributed by atoms with Gasteiger partial charge in [-0.05, 0) is 12.8 Å². The van der Waals surface area contributed by atoms with Gasteiger partial charge in [0.25, 0.3) is 0 Å². The van der Waals surface area contributed by atoms with E-state index in [0.29, 0.717) is 17.9 Å². The van der Waals surface area contributed by atoms with Gasteiger partial charge in [-0.1, -0.05) is 44.9 Å². The highest BCUT2D eigenvalue weighted by atomic mass is 16.5. The minimum absolute atomic E-state index is 0.0643. The standard InChI is InChI=1S/C15H27N3O4/c19-12-18(22)11-13-9-7-5-3-1-2-4-6-8-10-14(20)16-17-15(13)21/h12-13,22H,1-11H2,(H,16,20)(H,17,21)/t13-/m1/s1. The third-order valence-electron chi connectivity index (χ3n) is 3.93. The van der Waals surface area contributed by atoms with Crippen LogP contribution in [0.25, 0.3) is 0 Å². The van der Waals surface area contributed by atoms with Crippen LogP contribution < -0.4 is 10.9 Å². The highest BCUT2D eigenvalue weighted by Crippen LogP contribution is 2.15. The Morgan fingerprint density at radius 2 is 1.59 bits per heavy atom. The maximum Gasteiger partial charge on any atom is 0.243 e. The van der Waals surface area contributed by atoms with Crippen LogP contribution in [0.2, 0.25) is 0 Å². The lowest BCUT2D eigenvalue weighted by Gasteiger charge is -2.19. The van der Waals surface area contributed by atoms with Crippen LogP contribution in [0.3, 0.4) is 0 Å². The molecular weight excluding hydrogens is 286 g/mol. The van der Waals surface area contributed by atoms with E-state index in [-0.39, 0.29) is 24.8 Å². The zero-order chi connectivity index (χ0) is 16.2. The van der Waals surface area contributed by atoms with Crippen molar-refractivity contribution in [1.82, 2.24) is 15.9 Å². The molecule has 0 aromatic carbocycles. The summed E-state index contributed by atoms with van der Waals surface area (Å²) in [6.45, 7) is -0.0643. The average Bonchev–Trinajstić information content (AvgIpc) is 2.52. The second-order valence-corrected chi connectivity index (χ2v) is 5.83. The molecule has 7 nitrogen and oxygen atoms in total. The summed E-state index contributed by atoms with van der Waals surface area (Å²) in [5, 5.41) is 9.76. The fourth-order valence-corrected chi connectivity index (χ4v) is 2.61. The molecule has 0 saturated carbocycles. The van der Waals surface area contributed by atoms with Gasteiger partial charge in [0.15, 0.2) is 0 Å². The quantitative estimate of drug-likeness (QED) is 0.418. The van der Waals surface area contributed by atoms with Gasteiger partial charge >= 0.3 is 0 Å². The summed E-state index contributed by atoms with van der Waals surface area (Å²) in [5.41, 5.74) is 4.79. The second kappa shape index (κ2) is 11.0. The normalized spacial score (nSPS) is 22.7. The van der Waals surface area contributed by atoms with Crippen molar-refractivity contribution in [3.8, 4) is 0 Å². The molecule has 0 spiro atoms. The van der Waals surface area contributed by atoms with E-state index < -0.39 is 5.92 Å². The Labute approximate surface area is 131 Å². The molecule has 0 aromatic heterocycles. The van der Waals surface area contributed by atoms with Gasteiger partial charge < -0.3 is 0 Å². The summed E-state index contributed by atoms with van der Waals surface area (Å²) in [4.78, 5) is 34.2. The Morgan fingerprint density at radius 1 is 1.00 bits per heavy atom. The van der Waals surface area contributed by atoms with Gasteiger partial charge in [0, 0.05) is 6.42 Å². The van der Waals surface area contributed by atoms with E-state index in [4.69, 9.17) is 0 Å². The van der Waals surface area contributed by atoms with Gasteiger partial charge in [-0.3, -0.25) is 30.4 Å². The van der Waals surface area contributed by atoms with Crippen LogP contribution in [0, 0.1) is 5.92 Å². The number of carbonyl (C=O) groups excluding carboxylic acids is 3. The highest BCUT2D eigenvalue weighted by Gasteiger charge is 2.21. The Bertz CT molecular complexity index is 363. The zero-order valence-corrected chi connectivity index (χ0v) is 13.1. The maximum atomic E-state index is 12.1. The number of carbonyl (C=O) groups is 3. The minimum Gasteiger partial charge on any atom is -0.286 e. The van der Waals surface area contributed by atoms with Crippen LogP contribution in [-0.4, -0.2) is 35.0 Å². The van der Waals surface area contributed by atoms with Crippen molar-refractivity contribution >= 4 is 18.2 Å². The first-order chi connectivity index (χ1) is 10.6. The Hall–Kier alpha value is -1.63. The molecule has 0 radical (unpaired) electrons. The SMILES string of the molecule is O=CN(O)C[C@H]1CCCCCCCCCCC(=O)NNC1=O. The van der Waals surface area contributed by atoms with Crippen LogP contribution in [-0.2, 0) is 14.4 Å². The van der Waals surface area contributed by atoms with Crippen molar-refractivity contribution < 1.29 is 19.6 Å². The molecule has 126 valence electrons. The van der Waals surface area contributed by atoms with Crippen LogP contribution >= 0.6 is 0 Å². The first-order valence-corrected chi connectivity index (χ1v) is 8.13. The fourth-order valence-electron chi connectivity index (χ4n) is 2.61. The minimum atomic E-state index is -0.527. The predicted molar refractivity (Wildman–Crippen MR) is 80.5 cm³/mol. The van der Waals surface area contributed by atoms with Gasteiger partial charge in [0.1, 0.15) is 0 Å². The molecule has 1 fully saturated rings. The summed E-state index contributed by atoms with van der Waals surface area (Å²) in [5.74, 6) is -1.11. The molecule has 1 aliphatic heterocycles. The van der Waals surface area contributed by atoms with E-state index in [0.717, 1.165) is 38.5 Å². The molecular formula is C15H27N3O4. The number of hydrogen-bond donors (Lipinski definition) is 3. The summed E-state index contributed by atoms with van der Waals surface area (Å²) in [6, 6.07) is 0. The lowest BCUT2D eigenvalue weighted by molar-refractivity contribution is -0.155. The Kier molecular flexibility index (Phi) is 9.21. The van der Waals surface area contributed by atoms with Crippen molar-refractivity contribution in [2.45, 2.75) is 64.2 Å². The van der Waals surface area contributed by atoms with Crippen LogP contribution in [0.5, 0.6) is 0 Å². The van der Waals surface area contributed by atoms with Crippen molar-refractivity contribution in [2.24, 2.45) is 5.92 Å². The van der Waals surface area contributed by atoms with E-state index in [1.165, 1.54) is 12.8 Å². The monoisotopic (exact) mass is 313 g/mol. The Morgan fingerprint density at radius 3 is 2.23 bits per heavy atom. The summed E-state index contributed by atoms with van der Waals surface area (Å²) >= 11 is 0. The number of amides is 3. The van der Waals surface area contributed by atoms with Crippen molar-refractivity contribution in [1.29, 1.82) is 0 Å². The number of nitrogens with one attached hydrogen (secondary N) is 2. The van der Waals surface area contributed by atoms with Crippen molar-refractivity contribution in [3.05, 3.63) is 0 Å². The van der Waals surface area contributed by atoms with Gasteiger partial charge in [-0.25, -0.2) is 5.06 Å². The molecule has 0 unspecified atom stereocenters. The van der Waals surface area contributed by atoms with Crippen LogP contribution in [0.4, 0.5) is 0 Å². The topological polar surface area (TPSA) is 98.7 Å². The van der Waals surface area contributed by atoms with E-state index in [2.05, 4.69) is 10.9 Å². The molecule has 3 amide bonds. The van der Waals surface area contributed by atoms with Crippen molar-refractivity contribution in [3.63, 3.8) is 0 Å². The molecule has 7 heteroatoms. The highest BCUT2D eigenvalue weighted by molar-refractivity contribution is 5.83. The molecule has 1 atom stereocenters. The van der Waals surface area contributed by atoms with Crippen molar-refractivity contribution in [2.75, 3.05) is 6.54 Å². The zero-order valence-electron chi connectivity index (χ0n) is 13.1. The van der Waals surface area contributed by atoms with E-state index in [1.54, 1.807) is 0 Å². The fraction of sp³-hybridized carbons (Fsp3) is 0.800. The molecule has 22 heavy (non-hydrogen) atoms. The maximum absolute atomic E-state index is 12.1. The molecule has 1 heterocycles. The van der Waals surface area contributed by atoms with E-state index in [9.17, 15) is 19.6 Å². The second-order valence-electron chi connectivity index (χ2n) is 5.83. The summed E-state index contributed by atoms with van der Waals surface area (Å²) < 4.78 is 0. The smallest absolute Gasteiger partial charge is 0.243 e. The van der Waals surface area contributed by atoms with E-state index in [1.807, 2.05) is 0 Å². The molecule has 0 bridgehead atoms. The van der Waals surface area contributed by atoms with Crippen LogP contribution in [0.15, 0.2) is 0 Å². The van der Waals surface area contributed by atoms with Gasteiger partial charge in [-0.15, -0.1) is 0 Å². The first kappa shape index (κ1) is 18.4. The number of hydrogen-bond acceptors (Lipinski definition) is 4. The lowest BCUT2D eigenvalue weighted by Crippen LogP contribution is -2.46. The van der Waals surface area contributed by atoms with Gasteiger partial charge in [-0.2, -0.15) is 0 Å². The summed E-state index contributed by atoms with van der Waals surface area (Å²) in [6.07, 6.45) is 9.61. The largest absolute Gasteiger partial charge is 0.286 e. The molecule has 1 aliphatic rings. The molecule has 1 saturated heterocycles. The molecule has 3 N–H and O–H groups in total. The van der Waals surface area contributed by atoms with Gasteiger partial charge in [0.05, 0.1) is 12.5 Å². The summed E-state index contributed by atoms with van der Waals surface area (Å²) in [7, 11) is 0. The third kappa shape index (κ3) is 7.97. The lowest BCUT2D eigenvalue weighted by atomic mass is 9.99. The number of hydrazine groups is 1. The van der Waals surface area contributed by atoms with Crippen LogP contribution in [0.1, 0.15) is 64.2 Å².